The number of hydrogen-bond donors (Lipinski definition) is 2. The maximum absolute atomic E-state index is 12.5. The number of carbonyl (C=O) groups excluding carboxylic acids is 1. The van der Waals surface area contributed by atoms with E-state index in [0.29, 0.717) is 33.8 Å². The Morgan fingerprint density at radius 1 is 1.26 bits per heavy atom. The van der Waals surface area contributed by atoms with Crippen LogP contribution in [-0.4, -0.2) is 22.7 Å². The molecule has 1 aliphatic heterocycles. The minimum absolute atomic E-state index is 0.167. The van der Waals surface area contributed by atoms with E-state index in [1.807, 2.05) is 37.3 Å². The number of anilines is 2. The van der Waals surface area contributed by atoms with Gasteiger partial charge in [-0.1, -0.05) is 17.4 Å². The minimum Gasteiger partial charge on any atom is -0.454 e. The summed E-state index contributed by atoms with van der Waals surface area (Å²) in [6.45, 7) is 2.43. The van der Waals surface area contributed by atoms with E-state index in [1.165, 1.54) is 11.3 Å². The van der Waals surface area contributed by atoms with Crippen molar-refractivity contribution in [3.8, 4) is 11.5 Å². The van der Waals surface area contributed by atoms with Crippen molar-refractivity contribution in [2.75, 3.05) is 12.1 Å². The van der Waals surface area contributed by atoms with Crippen LogP contribution in [0.15, 0.2) is 41.0 Å². The normalized spacial score (nSPS) is 12.1. The van der Waals surface area contributed by atoms with Crippen molar-refractivity contribution < 1.29 is 14.3 Å². The summed E-state index contributed by atoms with van der Waals surface area (Å²) in [5, 5.41) is 6.65. The summed E-state index contributed by atoms with van der Waals surface area (Å²) in [5.41, 5.74) is 1.61. The van der Waals surface area contributed by atoms with E-state index in [4.69, 9.17) is 9.47 Å². The van der Waals surface area contributed by atoms with Gasteiger partial charge >= 0.3 is 0 Å². The van der Waals surface area contributed by atoms with E-state index in [0.717, 1.165) is 15.8 Å². The molecule has 9 heteroatoms. The Balaban J connectivity index is 1.41. The van der Waals surface area contributed by atoms with E-state index in [2.05, 4.69) is 36.5 Å². The first-order valence-electron chi connectivity index (χ1n) is 8.11. The molecule has 3 heterocycles. The van der Waals surface area contributed by atoms with Crippen LogP contribution in [-0.2, 0) is 6.54 Å². The monoisotopic (exact) mass is 446 g/mol. The van der Waals surface area contributed by atoms with Crippen molar-refractivity contribution in [2.24, 2.45) is 0 Å². The predicted molar refractivity (Wildman–Crippen MR) is 106 cm³/mol. The molecule has 0 saturated carbocycles. The number of aryl methyl sites for hydroxylation is 1. The first-order valence-corrected chi connectivity index (χ1v) is 9.72. The van der Waals surface area contributed by atoms with Crippen LogP contribution in [0.2, 0.25) is 0 Å². The maximum Gasteiger partial charge on any atom is 0.263 e. The molecule has 2 aromatic heterocycles. The standard InChI is InChI=1S/C18H15BrN4O3S/c1-10-16(27-18(22-10)23-15-5-3-12(19)8-20-15)17(24)21-7-11-2-4-13-14(6-11)26-9-25-13/h2-6,8H,7,9H2,1H3,(H,21,24)(H,20,22,23). The van der Waals surface area contributed by atoms with E-state index < -0.39 is 0 Å². The fourth-order valence-corrected chi connectivity index (χ4v) is 3.66. The van der Waals surface area contributed by atoms with E-state index in [-0.39, 0.29) is 12.7 Å². The van der Waals surface area contributed by atoms with Crippen LogP contribution in [0.4, 0.5) is 10.9 Å². The molecular weight excluding hydrogens is 432 g/mol. The predicted octanol–water partition coefficient (Wildman–Crippen LogP) is 4.01. The van der Waals surface area contributed by atoms with Crippen molar-refractivity contribution in [1.82, 2.24) is 15.3 Å². The lowest BCUT2D eigenvalue weighted by Crippen LogP contribution is -2.22. The lowest BCUT2D eigenvalue weighted by atomic mass is 10.2. The number of nitrogens with one attached hydrogen (secondary N) is 2. The third-order valence-corrected chi connectivity index (χ3v) is 5.40. The van der Waals surface area contributed by atoms with E-state index in [9.17, 15) is 4.79 Å². The summed E-state index contributed by atoms with van der Waals surface area (Å²) in [7, 11) is 0. The lowest BCUT2D eigenvalue weighted by Gasteiger charge is -2.05. The quantitative estimate of drug-likeness (QED) is 0.615. The largest absolute Gasteiger partial charge is 0.454 e. The summed E-state index contributed by atoms with van der Waals surface area (Å²) >= 11 is 4.64. The number of amides is 1. The van der Waals surface area contributed by atoms with Crippen molar-refractivity contribution in [3.63, 3.8) is 0 Å². The van der Waals surface area contributed by atoms with Crippen molar-refractivity contribution in [2.45, 2.75) is 13.5 Å². The van der Waals surface area contributed by atoms with Crippen LogP contribution in [0.25, 0.3) is 0 Å². The van der Waals surface area contributed by atoms with Gasteiger partial charge in [0.05, 0.1) is 5.69 Å². The Hall–Kier alpha value is -2.65. The second-order valence-corrected chi connectivity index (χ2v) is 7.71. The van der Waals surface area contributed by atoms with Crippen molar-refractivity contribution >= 4 is 44.1 Å². The molecule has 0 radical (unpaired) electrons. The highest BCUT2D eigenvalue weighted by Gasteiger charge is 2.17. The highest BCUT2D eigenvalue weighted by Crippen LogP contribution is 2.32. The van der Waals surface area contributed by atoms with E-state index in [1.54, 1.807) is 6.20 Å². The number of ether oxygens (including phenoxy) is 2. The molecule has 0 spiro atoms. The third kappa shape index (κ3) is 4.04. The lowest BCUT2D eigenvalue weighted by molar-refractivity contribution is 0.0954. The van der Waals surface area contributed by atoms with Gasteiger partial charge in [-0.15, -0.1) is 0 Å². The summed E-state index contributed by atoms with van der Waals surface area (Å²) in [5.74, 6) is 1.92. The second kappa shape index (κ2) is 7.53. The number of carbonyl (C=O) groups is 1. The topological polar surface area (TPSA) is 85.4 Å². The number of benzene rings is 1. The molecule has 138 valence electrons. The number of fused-ring (bicyclic) bond motifs is 1. The Kier molecular flexibility index (Phi) is 4.95. The Labute approximate surface area is 167 Å². The SMILES string of the molecule is Cc1nc(Nc2ccc(Br)cn2)sc1C(=O)NCc1ccc2c(c1)OCO2. The Morgan fingerprint density at radius 3 is 2.93 bits per heavy atom. The number of thiazole rings is 1. The molecule has 2 N–H and O–H groups in total. The van der Waals surface area contributed by atoms with Crippen molar-refractivity contribution in [1.29, 1.82) is 0 Å². The number of rotatable bonds is 5. The van der Waals surface area contributed by atoms with E-state index >= 15 is 0 Å². The summed E-state index contributed by atoms with van der Waals surface area (Å²) in [4.78, 5) is 21.8. The number of nitrogens with zero attached hydrogens (tertiary/aromatic N) is 2. The molecule has 7 nitrogen and oxygen atoms in total. The summed E-state index contributed by atoms with van der Waals surface area (Å²) in [6, 6.07) is 9.33. The van der Waals surface area contributed by atoms with Crippen LogP contribution in [0, 0.1) is 6.92 Å². The molecule has 1 aromatic carbocycles. The molecule has 1 aliphatic rings. The molecule has 27 heavy (non-hydrogen) atoms. The molecule has 0 atom stereocenters. The third-order valence-electron chi connectivity index (χ3n) is 3.86. The first-order chi connectivity index (χ1) is 13.1. The molecule has 0 saturated heterocycles. The van der Waals surface area contributed by atoms with Crippen LogP contribution in [0.5, 0.6) is 11.5 Å². The number of halogens is 1. The van der Waals surface area contributed by atoms with Gasteiger partial charge in [-0.05, 0) is 52.7 Å². The highest BCUT2D eigenvalue weighted by atomic mass is 79.9. The average molecular weight is 447 g/mol. The summed E-state index contributed by atoms with van der Waals surface area (Å²) in [6.07, 6.45) is 1.70. The average Bonchev–Trinajstić information content (AvgIpc) is 3.27. The Morgan fingerprint density at radius 2 is 2.11 bits per heavy atom. The van der Waals surface area contributed by atoms with Gasteiger partial charge in [-0.25, -0.2) is 9.97 Å². The van der Waals surface area contributed by atoms with Crippen LogP contribution in [0.3, 0.4) is 0 Å². The fraction of sp³-hybridized carbons (Fsp3) is 0.167. The van der Waals surface area contributed by atoms with Crippen LogP contribution in [0.1, 0.15) is 20.9 Å². The molecule has 0 unspecified atom stereocenters. The van der Waals surface area contributed by atoms with Gasteiger partial charge in [0.25, 0.3) is 5.91 Å². The minimum atomic E-state index is -0.167. The van der Waals surface area contributed by atoms with Gasteiger partial charge in [0.15, 0.2) is 16.6 Å². The fourth-order valence-electron chi connectivity index (χ4n) is 2.53. The molecule has 1 amide bonds. The zero-order valence-electron chi connectivity index (χ0n) is 14.3. The molecular formula is C18H15BrN4O3S. The van der Waals surface area contributed by atoms with Gasteiger partial charge in [-0.2, -0.15) is 0 Å². The van der Waals surface area contributed by atoms with Gasteiger partial charge in [0, 0.05) is 17.2 Å². The van der Waals surface area contributed by atoms with Crippen LogP contribution >= 0.6 is 27.3 Å². The maximum atomic E-state index is 12.5. The number of pyridine rings is 1. The van der Waals surface area contributed by atoms with Gasteiger partial charge < -0.3 is 20.1 Å². The van der Waals surface area contributed by atoms with Gasteiger partial charge in [0.1, 0.15) is 10.7 Å². The highest BCUT2D eigenvalue weighted by molar-refractivity contribution is 9.10. The van der Waals surface area contributed by atoms with Gasteiger partial charge in [0.2, 0.25) is 6.79 Å². The second-order valence-electron chi connectivity index (χ2n) is 5.79. The zero-order valence-corrected chi connectivity index (χ0v) is 16.7. The molecule has 4 rings (SSSR count). The molecule has 0 bridgehead atoms. The molecule has 0 fully saturated rings. The zero-order chi connectivity index (χ0) is 18.8. The smallest absolute Gasteiger partial charge is 0.263 e. The van der Waals surface area contributed by atoms with Crippen molar-refractivity contribution in [3.05, 3.63) is 57.1 Å². The van der Waals surface area contributed by atoms with Crippen LogP contribution < -0.4 is 20.1 Å². The Bertz CT molecular complexity index is 991. The number of hydrogen-bond acceptors (Lipinski definition) is 7. The van der Waals surface area contributed by atoms with Gasteiger partial charge in [-0.3, -0.25) is 4.79 Å². The summed E-state index contributed by atoms with van der Waals surface area (Å²) < 4.78 is 11.5. The first kappa shape index (κ1) is 17.7. The number of aromatic nitrogens is 2. The molecule has 0 aliphatic carbocycles. The molecule has 3 aromatic rings.